The number of anilines is 1. The van der Waals surface area contributed by atoms with E-state index in [-0.39, 0.29) is 6.61 Å². The van der Waals surface area contributed by atoms with E-state index in [1.807, 2.05) is 43.3 Å². The summed E-state index contributed by atoms with van der Waals surface area (Å²) in [6.45, 7) is 0.100. The van der Waals surface area contributed by atoms with Crippen molar-refractivity contribution in [1.82, 2.24) is 0 Å². The Morgan fingerprint density at radius 3 is 2.36 bits per heavy atom. The Labute approximate surface area is 82.7 Å². The predicted molar refractivity (Wildman–Crippen MR) is 53.6 cm³/mol. The summed E-state index contributed by atoms with van der Waals surface area (Å²) in [5.74, 6) is 0. The van der Waals surface area contributed by atoms with Crippen LogP contribution in [-0.4, -0.2) is 25.4 Å². The first-order valence-electron chi connectivity index (χ1n) is 4.21. The zero-order valence-corrected chi connectivity index (χ0v) is 8.23. The minimum Gasteiger partial charge on any atom is -0.450 e. The molecule has 0 spiro atoms. The molecule has 0 aliphatic carbocycles. The highest BCUT2D eigenvalue weighted by molar-refractivity contribution is 5.57. The third kappa shape index (κ3) is 2.97. The predicted octanol–water partition coefficient (Wildman–Crippen LogP) is 1.95. The maximum absolute atomic E-state index is 10.1. The van der Waals surface area contributed by atoms with Gasteiger partial charge in [0.05, 0.1) is 0 Å². The van der Waals surface area contributed by atoms with Gasteiger partial charge in [0.15, 0.2) is 0 Å². The van der Waals surface area contributed by atoms with E-state index in [4.69, 9.17) is 5.11 Å². The fraction of sp³-hybridized carbons (Fsp3) is 0.300. The fourth-order valence-corrected chi connectivity index (χ4v) is 1.04. The van der Waals surface area contributed by atoms with E-state index in [1.54, 1.807) is 0 Å². The van der Waals surface area contributed by atoms with Gasteiger partial charge in [0.1, 0.15) is 6.61 Å². The van der Waals surface area contributed by atoms with Gasteiger partial charge in [0.25, 0.3) is 0 Å². The van der Waals surface area contributed by atoms with Crippen LogP contribution >= 0.6 is 0 Å². The lowest BCUT2D eigenvalue weighted by atomic mass is 10.2. The average molecular weight is 195 g/mol. The molecule has 1 aromatic carbocycles. The zero-order valence-electron chi connectivity index (χ0n) is 8.23. The minimum atomic E-state index is -1.25. The van der Waals surface area contributed by atoms with Crippen LogP contribution < -0.4 is 4.90 Å². The van der Waals surface area contributed by atoms with Crippen LogP contribution in [0, 0.1) is 0 Å². The lowest BCUT2D eigenvalue weighted by Crippen LogP contribution is -2.08. The maximum Gasteiger partial charge on any atom is 0.506 e. The molecule has 1 rings (SSSR count). The van der Waals surface area contributed by atoms with Crippen LogP contribution in [0.3, 0.4) is 0 Å². The number of hydrogen-bond donors (Lipinski definition) is 1. The minimum absolute atomic E-state index is 0.100. The molecule has 1 aromatic rings. The third-order valence-corrected chi connectivity index (χ3v) is 1.82. The van der Waals surface area contributed by atoms with Crippen LogP contribution in [0.4, 0.5) is 10.5 Å². The second kappa shape index (κ2) is 4.50. The molecule has 0 saturated heterocycles. The molecule has 14 heavy (non-hydrogen) atoms. The molecule has 0 heterocycles. The van der Waals surface area contributed by atoms with Crippen LogP contribution in [0.5, 0.6) is 0 Å². The van der Waals surface area contributed by atoms with E-state index >= 15 is 0 Å². The van der Waals surface area contributed by atoms with E-state index in [0.29, 0.717) is 0 Å². The van der Waals surface area contributed by atoms with Gasteiger partial charge in [0, 0.05) is 19.8 Å². The Morgan fingerprint density at radius 1 is 1.36 bits per heavy atom. The van der Waals surface area contributed by atoms with Crippen molar-refractivity contribution in [3.8, 4) is 0 Å². The van der Waals surface area contributed by atoms with Gasteiger partial charge in [-0.25, -0.2) is 4.79 Å². The first kappa shape index (κ1) is 10.4. The Kier molecular flexibility index (Phi) is 3.34. The molecule has 0 fully saturated rings. The summed E-state index contributed by atoms with van der Waals surface area (Å²) in [4.78, 5) is 12.1. The van der Waals surface area contributed by atoms with Crippen molar-refractivity contribution in [2.75, 3.05) is 19.0 Å². The smallest absolute Gasteiger partial charge is 0.450 e. The van der Waals surface area contributed by atoms with Gasteiger partial charge in [0.2, 0.25) is 0 Å². The van der Waals surface area contributed by atoms with Gasteiger partial charge in [-0.2, -0.15) is 0 Å². The summed E-state index contributed by atoms with van der Waals surface area (Å²) in [5, 5.41) is 8.29. The van der Waals surface area contributed by atoms with E-state index in [2.05, 4.69) is 4.74 Å². The van der Waals surface area contributed by atoms with E-state index in [1.165, 1.54) is 0 Å². The van der Waals surface area contributed by atoms with Crippen LogP contribution in [-0.2, 0) is 11.3 Å². The van der Waals surface area contributed by atoms with Crippen LogP contribution in [0.2, 0.25) is 0 Å². The molecule has 0 aliphatic heterocycles. The van der Waals surface area contributed by atoms with E-state index in [9.17, 15) is 4.79 Å². The molecular weight excluding hydrogens is 182 g/mol. The molecule has 0 radical (unpaired) electrons. The number of carboxylic acid groups (broad SMARTS) is 1. The largest absolute Gasteiger partial charge is 0.506 e. The van der Waals surface area contributed by atoms with Gasteiger partial charge in [-0.1, -0.05) is 12.1 Å². The Hall–Kier alpha value is -1.71. The van der Waals surface area contributed by atoms with Crippen LogP contribution in [0.15, 0.2) is 24.3 Å². The maximum atomic E-state index is 10.1. The first-order chi connectivity index (χ1) is 6.59. The van der Waals surface area contributed by atoms with Crippen molar-refractivity contribution in [1.29, 1.82) is 0 Å². The summed E-state index contributed by atoms with van der Waals surface area (Å²) in [5.41, 5.74) is 1.92. The fourth-order valence-electron chi connectivity index (χ4n) is 1.04. The molecule has 1 N–H and O–H groups in total. The summed E-state index contributed by atoms with van der Waals surface area (Å²) in [6.07, 6.45) is -1.25. The summed E-state index contributed by atoms with van der Waals surface area (Å²) >= 11 is 0. The quantitative estimate of drug-likeness (QED) is 0.749. The molecule has 4 nitrogen and oxygen atoms in total. The molecule has 0 saturated carbocycles. The van der Waals surface area contributed by atoms with E-state index < -0.39 is 6.16 Å². The van der Waals surface area contributed by atoms with Crippen molar-refractivity contribution >= 4 is 11.8 Å². The summed E-state index contributed by atoms with van der Waals surface area (Å²) in [7, 11) is 3.89. The van der Waals surface area contributed by atoms with Crippen molar-refractivity contribution in [2.24, 2.45) is 0 Å². The summed E-state index contributed by atoms with van der Waals surface area (Å²) < 4.78 is 4.43. The van der Waals surface area contributed by atoms with Gasteiger partial charge in [-0.3, -0.25) is 0 Å². The van der Waals surface area contributed by atoms with Crippen molar-refractivity contribution in [3.63, 3.8) is 0 Å². The molecule has 0 bridgehead atoms. The van der Waals surface area contributed by atoms with Crippen molar-refractivity contribution < 1.29 is 14.6 Å². The Bertz CT molecular complexity index is 306. The monoisotopic (exact) mass is 195 g/mol. The second-order valence-electron chi connectivity index (χ2n) is 3.12. The van der Waals surface area contributed by atoms with E-state index in [0.717, 1.165) is 11.3 Å². The molecule has 76 valence electrons. The van der Waals surface area contributed by atoms with Crippen LogP contribution in [0.1, 0.15) is 5.56 Å². The number of rotatable bonds is 3. The van der Waals surface area contributed by atoms with Crippen molar-refractivity contribution in [2.45, 2.75) is 6.61 Å². The van der Waals surface area contributed by atoms with Gasteiger partial charge >= 0.3 is 6.16 Å². The molecule has 0 atom stereocenters. The van der Waals surface area contributed by atoms with Gasteiger partial charge in [-0.05, 0) is 17.7 Å². The SMILES string of the molecule is CN(C)c1ccc(COC(=O)O)cc1. The Balaban J connectivity index is 2.59. The number of carbonyl (C=O) groups is 1. The van der Waals surface area contributed by atoms with Gasteiger partial charge < -0.3 is 14.7 Å². The molecular formula is C10H13NO3. The number of ether oxygens (including phenoxy) is 1. The highest BCUT2D eigenvalue weighted by Crippen LogP contribution is 2.12. The first-order valence-corrected chi connectivity index (χ1v) is 4.21. The Morgan fingerprint density at radius 2 is 1.93 bits per heavy atom. The molecule has 0 aromatic heterocycles. The number of benzene rings is 1. The lowest BCUT2D eigenvalue weighted by molar-refractivity contribution is 0.0854. The van der Waals surface area contributed by atoms with Crippen LogP contribution in [0.25, 0.3) is 0 Å². The second-order valence-corrected chi connectivity index (χ2v) is 3.12. The number of hydrogen-bond acceptors (Lipinski definition) is 3. The normalized spacial score (nSPS) is 9.57. The average Bonchev–Trinajstić information content (AvgIpc) is 2.15. The standard InChI is InChI=1S/C10H13NO3/c1-11(2)9-5-3-8(4-6-9)7-14-10(12)13/h3-6H,7H2,1-2H3,(H,12,13). The molecule has 4 heteroatoms. The number of nitrogens with zero attached hydrogens (tertiary/aromatic N) is 1. The summed E-state index contributed by atoms with van der Waals surface area (Å²) in [6, 6.07) is 7.53. The molecule has 0 unspecified atom stereocenters. The third-order valence-electron chi connectivity index (χ3n) is 1.82. The highest BCUT2D eigenvalue weighted by Gasteiger charge is 1.99. The lowest BCUT2D eigenvalue weighted by Gasteiger charge is -2.12. The van der Waals surface area contributed by atoms with Gasteiger partial charge in [-0.15, -0.1) is 0 Å². The zero-order chi connectivity index (χ0) is 10.6. The molecule has 0 aliphatic rings. The molecule has 0 amide bonds. The van der Waals surface area contributed by atoms with Crippen molar-refractivity contribution in [3.05, 3.63) is 29.8 Å². The topological polar surface area (TPSA) is 49.8 Å². The highest BCUT2D eigenvalue weighted by atomic mass is 16.7.